The molecule has 0 unspecified atom stereocenters. The van der Waals surface area contributed by atoms with Crippen molar-refractivity contribution in [1.29, 1.82) is 0 Å². The average molecular weight is 239 g/mol. The molecule has 1 N–H and O–H groups in total. The van der Waals surface area contributed by atoms with Gasteiger partial charge in [0.2, 0.25) is 0 Å². The molecule has 0 amide bonds. The van der Waals surface area contributed by atoms with E-state index >= 15 is 0 Å². The monoisotopic (exact) mass is 239 g/mol. The number of carboxylic acid groups (broad SMARTS) is 1. The summed E-state index contributed by atoms with van der Waals surface area (Å²) < 4.78 is 13.7. The predicted molar refractivity (Wildman–Crippen MR) is 66.1 cm³/mol. The molecule has 0 spiro atoms. The number of hydrogen-bond donors (Lipinski definition) is 1. The largest absolute Gasteiger partial charge is 0.478 e. The fourth-order valence-electron chi connectivity index (χ4n) is 1.52. The predicted octanol–water partition coefficient (Wildman–Crippen LogP) is 3.01. The molecule has 4 heteroatoms. The van der Waals surface area contributed by atoms with E-state index < -0.39 is 11.8 Å². The minimum absolute atomic E-state index is 0.0245. The Balaban J connectivity index is 2.81. The molecule has 0 aliphatic rings. The Morgan fingerprint density at radius 2 is 2.12 bits per heavy atom. The second kappa shape index (κ2) is 5.66. The minimum atomic E-state index is -1.11. The van der Waals surface area contributed by atoms with Crippen LogP contribution in [0.5, 0.6) is 0 Å². The molecular weight excluding hydrogens is 221 g/mol. The van der Waals surface area contributed by atoms with Gasteiger partial charge >= 0.3 is 5.97 Å². The van der Waals surface area contributed by atoms with Gasteiger partial charge in [-0.25, -0.2) is 9.18 Å². The van der Waals surface area contributed by atoms with Crippen molar-refractivity contribution in [3.8, 4) is 0 Å². The third-order valence-corrected chi connectivity index (χ3v) is 2.65. The maximum absolute atomic E-state index is 13.7. The average Bonchev–Trinajstić information content (AvgIpc) is 2.25. The smallest absolute Gasteiger partial charge is 0.335 e. The van der Waals surface area contributed by atoms with E-state index in [-0.39, 0.29) is 5.56 Å². The number of halogens is 1. The van der Waals surface area contributed by atoms with Crippen molar-refractivity contribution in [3.63, 3.8) is 0 Å². The number of anilines is 1. The van der Waals surface area contributed by atoms with E-state index in [9.17, 15) is 9.18 Å². The Morgan fingerprint density at radius 1 is 1.47 bits per heavy atom. The molecule has 3 nitrogen and oxygen atoms in total. The molecule has 1 aromatic carbocycles. The summed E-state index contributed by atoms with van der Waals surface area (Å²) in [5, 5.41) is 8.73. The van der Waals surface area contributed by atoms with Gasteiger partial charge in [0.25, 0.3) is 0 Å². The van der Waals surface area contributed by atoms with Crippen LogP contribution in [0.4, 0.5) is 10.1 Å². The molecular formula is C13H18FNO2. The molecule has 1 aromatic rings. The van der Waals surface area contributed by atoms with Crippen LogP contribution in [-0.4, -0.2) is 24.7 Å². The molecule has 0 saturated carbocycles. The highest BCUT2D eigenvalue weighted by molar-refractivity contribution is 5.88. The lowest BCUT2D eigenvalue weighted by molar-refractivity contribution is 0.0696. The normalized spacial score (nSPS) is 10.6. The number of aromatic carboxylic acids is 1. The van der Waals surface area contributed by atoms with Crippen molar-refractivity contribution >= 4 is 11.7 Å². The van der Waals surface area contributed by atoms with Crippen LogP contribution in [0.2, 0.25) is 0 Å². The Labute approximate surface area is 101 Å². The fourth-order valence-corrected chi connectivity index (χ4v) is 1.52. The Morgan fingerprint density at radius 3 is 2.59 bits per heavy atom. The first-order chi connectivity index (χ1) is 7.91. The van der Waals surface area contributed by atoms with Crippen molar-refractivity contribution in [2.75, 3.05) is 18.5 Å². The molecule has 94 valence electrons. The molecule has 0 fully saturated rings. The number of carbonyl (C=O) groups is 1. The van der Waals surface area contributed by atoms with Crippen LogP contribution >= 0.6 is 0 Å². The SMILES string of the molecule is CC(C)CCN(C)c1ccc(C(=O)O)cc1F. The van der Waals surface area contributed by atoms with Gasteiger partial charge in [-0.05, 0) is 30.5 Å². The van der Waals surface area contributed by atoms with E-state index in [1.54, 1.807) is 11.9 Å². The summed E-state index contributed by atoms with van der Waals surface area (Å²) in [5.41, 5.74) is 0.416. The minimum Gasteiger partial charge on any atom is -0.478 e. The first kappa shape index (κ1) is 13.5. The van der Waals surface area contributed by atoms with Gasteiger partial charge in [0.15, 0.2) is 0 Å². The van der Waals surface area contributed by atoms with Crippen molar-refractivity contribution < 1.29 is 14.3 Å². The van der Waals surface area contributed by atoms with Crippen molar-refractivity contribution in [2.45, 2.75) is 20.3 Å². The zero-order valence-corrected chi connectivity index (χ0v) is 10.4. The molecule has 0 aromatic heterocycles. The van der Waals surface area contributed by atoms with Gasteiger partial charge in [-0.2, -0.15) is 0 Å². The summed E-state index contributed by atoms with van der Waals surface area (Å²) in [6, 6.07) is 4.00. The van der Waals surface area contributed by atoms with Crippen LogP contribution < -0.4 is 4.90 Å². The highest BCUT2D eigenvalue weighted by atomic mass is 19.1. The zero-order valence-electron chi connectivity index (χ0n) is 10.4. The molecule has 0 saturated heterocycles. The van der Waals surface area contributed by atoms with E-state index in [0.29, 0.717) is 11.6 Å². The van der Waals surface area contributed by atoms with E-state index in [2.05, 4.69) is 13.8 Å². The number of carboxylic acids is 1. The van der Waals surface area contributed by atoms with Gasteiger partial charge in [-0.3, -0.25) is 0 Å². The van der Waals surface area contributed by atoms with Gasteiger partial charge in [-0.1, -0.05) is 13.8 Å². The molecule has 0 bridgehead atoms. The molecule has 0 atom stereocenters. The number of hydrogen-bond acceptors (Lipinski definition) is 2. The second-order valence-electron chi connectivity index (χ2n) is 4.58. The van der Waals surface area contributed by atoms with E-state index in [1.807, 2.05) is 0 Å². The highest BCUT2D eigenvalue weighted by Gasteiger charge is 2.11. The van der Waals surface area contributed by atoms with Crippen LogP contribution in [0, 0.1) is 11.7 Å². The van der Waals surface area contributed by atoms with E-state index in [0.717, 1.165) is 19.0 Å². The molecule has 0 heterocycles. The fraction of sp³-hybridized carbons (Fsp3) is 0.462. The molecule has 17 heavy (non-hydrogen) atoms. The van der Waals surface area contributed by atoms with Crippen LogP contribution in [0.15, 0.2) is 18.2 Å². The topological polar surface area (TPSA) is 40.5 Å². The summed E-state index contributed by atoms with van der Waals surface area (Å²) in [4.78, 5) is 12.5. The lowest BCUT2D eigenvalue weighted by Crippen LogP contribution is -2.21. The standard InChI is InChI=1S/C13H18FNO2/c1-9(2)6-7-15(3)12-5-4-10(13(16)17)8-11(12)14/h4-5,8-9H,6-7H2,1-3H3,(H,16,17). The van der Waals surface area contributed by atoms with Gasteiger partial charge in [0.1, 0.15) is 5.82 Å². The first-order valence-corrected chi connectivity index (χ1v) is 5.65. The molecule has 0 aliphatic heterocycles. The maximum Gasteiger partial charge on any atom is 0.335 e. The Hall–Kier alpha value is -1.58. The van der Waals surface area contributed by atoms with Crippen LogP contribution in [0.1, 0.15) is 30.6 Å². The maximum atomic E-state index is 13.7. The lowest BCUT2D eigenvalue weighted by atomic mass is 10.1. The van der Waals surface area contributed by atoms with Crippen molar-refractivity contribution in [2.24, 2.45) is 5.92 Å². The number of benzene rings is 1. The summed E-state index contributed by atoms with van der Waals surface area (Å²) >= 11 is 0. The summed E-state index contributed by atoms with van der Waals surface area (Å²) in [6.45, 7) is 4.97. The second-order valence-corrected chi connectivity index (χ2v) is 4.58. The van der Waals surface area contributed by atoms with Crippen LogP contribution in [0.3, 0.4) is 0 Å². The summed E-state index contributed by atoms with van der Waals surface area (Å²) in [5.74, 6) is -1.05. The molecule has 0 radical (unpaired) electrons. The number of nitrogens with zero attached hydrogens (tertiary/aromatic N) is 1. The summed E-state index contributed by atoms with van der Waals surface area (Å²) in [6.07, 6.45) is 0.969. The zero-order chi connectivity index (χ0) is 13.0. The quantitative estimate of drug-likeness (QED) is 0.858. The van der Waals surface area contributed by atoms with Crippen LogP contribution in [-0.2, 0) is 0 Å². The highest BCUT2D eigenvalue weighted by Crippen LogP contribution is 2.20. The van der Waals surface area contributed by atoms with Crippen molar-refractivity contribution in [1.82, 2.24) is 0 Å². The Kier molecular flexibility index (Phi) is 4.49. The van der Waals surface area contributed by atoms with Gasteiger partial charge in [0, 0.05) is 13.6 Å². The van der Waals surface area contributed by atoms with Gasteiger partial charge in [-0.15, -0.1) is 0 Å². The third-order valence-electron chi connectivity index (χ3n) is 2.65. The van der Waals surface area contributed by atoms with E-state index in [1.165, 1.54) is 12.1 Å². The lowest BCUT2D eigenvalue weighted by Gasteiger charge is -2.21. The summed E-state index contributed by atoms with van der Waals surface area (Å²) in [7, 11) is 1.81. The molecule has 1 rings (SSSR count). The van der Waals surface area contributed by atoms with Gasteiger partial charge < -0.3 is 10.0 Å². The van der Waals surface area contributed by atoms with Crippen LogP contribution in [0.25, 0.3) is 0 Å². The third kappa shape index (κ3) is 3.73. The first-order valence-electron chi connectivity index (χ1n) is 5.65. The number of rotatable bonds is 5. The Bertz CT molecular complexity index is 404. The van der Waals surface area contributed by atoms with Crippen molar-refractivity contribution in [3.05, 3.63) is 29.6 Å². The van der Waals surface area contributed by atoms with Gasteiger partial charge in [0.05, 0.1) is 11.3 Å². The molecule has 0 aliphatic carbocycles. The van der Waals surface area contributed by atoms with E-state index in [4.69, 9.17) is 5.11 Å².